The van der Waals surface area contributed by atoms with Gasteiger partial charge in [0.2, 0.25) is 0 Å². The maximum atomic E-state index is 13.5. The Morgan fingerprint density at radius 1 is 1.33 bits per heavy atom. The summed E-state index contributed by atoms with van der Waals surface area (Å²) in [6.45, 7) is 1.41. The smallest absolute Gasteiger partial charge is 0.337 e. The van der Waals surface area contributed by atoms with Crippen LogP contribution in [0.5, 0.6) is 0 Å². The Morgan fingerprint density at radius 3 is 2.57 bits per heavy atom. The summed E-state index contributed by atoms with van der Waals surface area (Å²) in [7, 11) is 1.16. The molecule has 5 nitrogen and oxygen atoms in total. The molecule has 116 valence electrons. The van der Waals surface area contributed by atoms with Gasteiger partial charge in [0.1, 0.15) is 11.9 Å². The molecule has 0 aliphatic heterocycles. The summed E-state index contributed by atoms with van der Waals surface area (Å²) in [5.74, 6) is -1.10. The quantitative estimate of drug-likeness (QED) is 0.777. The zero-order valence-electron chi connectivity index (χ0n) is 11.7. The Hall–Kier alpha value is -1.44. The highest BCUT2D eigenvalue weighted by Gasteiger charge is 2.21. The fourth-order valence-corrected chi connectivity index (χ4v) is 2.37. The molecule has 1 aromatic rings. The molecule has 2 N–H and O–H groups in total. The minimum atomic E-state index is -1.35. The van der Waals surface area contributed by atoms with Gasteiger partial charge in [-0.2, -0.15) is 0 Å². The number of ether oxygens (including phenoxy) is 1. The van der Waals surface area contributed by atoms with Crippen LogP contribution < -0.4 is 0 Å². The first-order chi connectivity index (χ1) is 9.85. The maximum absolute atomic E-state index is 13.5. The molecule has 1 rings (SSSR count). The van der Waals surface area contributed by atoms with E-state index in [1.807, 2.05) is 0 Å². The van der Waals surface area contributed by atoms with Crippen molar-refractivity contribution >= 4 is 22.8 Å². The lowest BCUT2D eigenvalue weighted by Gasteiger charge is -2.18. The standard InChI is InChI=1S/C14H17FO5S/c1-8(16)21-4-3-12(17)13(18)9-5-10(14(19)20-2)7-11(15)6-9/h5-7,12-13,17-18H,3-4H2,1-2H3. The molecule has 0 amide bonds. The molecule has 2 atom stereocenters. The first-order valence-electron chi connectivity index (χ1n) is 6.23. The number of thioether (sulfide) groups is 1. The number of esters is 1. The van der Waals surface area contributed by atoms with Gasteiger partial charge in [-0.15, -0.1) is 0 Å². The molecule has 0 heterocycles. The number of carbonyl (C=O) groups is 2. The van der Waals surface area contributed by atoms with Crippen LogP contribution in [-0.2, 0) is 9.53 Å². The van der Waals surface area contributed by atoms with Crippen LogP contribution >= 0.6 is 11.8 Å². The molecule has 2 unspecified atom stereocenters. The minimum Gasteiger partial charge on any atom is -0.465 e. The van der Waals surface area contributed by atoms with Crippen LogP contribution in [0.4, 0.5) is 4.39 Å². The molecule has 0 saturated heterocycles. The lowest BCUT2D eigenvalue weighted by molar-refractivity contribution is -0.109. The van der Waals surface area contributed by atoms with Gasteiger partial charge in [0.05, 0.1) is 18.8 Å². The molecule has 0 aliphatic carbocycles. The average molecular weight is 316 g/mol. The van der Waals surface area contributed by atoms with Crippen LogP contribution in [-0.4, -0.2) is 40.3 Å². The van der Waals surface area contributed by atoms with E-state index in [4.69, 9.17) is 0 Å². The third kappa shape index (κ3) is 5.45. The second-order valence-electron chi connectivity index (χ2n) is 4.41. The van der Waals surface area contributed by atoms with Gasteiger partial charge in [0.15, 0.2) is 5.12 Å². The highest BCUT2D eigenvalue weighted by Crippen LogP contribution is 2.23. The fraction of sp³-hybridized carbons (Fsp3) is 0.429. The second kappa shape index (κ2) is 8.11. The van der Waals surface area contributed by atoms with Crippen molar-refractivity contribution < 1.29 is 28.9 Å². The van der Waals surface area contributed by atoms with Crippen molar-refractivity contribution in [2.24, 2.45) is 0 Å². The van der Waals surface area contributed by atoms with E-state index in [1.165, 1.54) is 13.0 Å². The van der Waals surface area contributed by atoms with E-state index in [-0.39, 0.29) is 22.7 Å². The van der Waals surface area contributed by atoms with E-state index in [2.05, 4.69) is 4.74 Å². The third-order valence-electron chi connectivity index (χ3n) is 2.77. The van der Waals surface area contributed by atoms with Crippen LogP contribution in [0, 0.1) is 5.82 Å². The first-order valence-corrected chi connectivity index (χ1v) is 7.22. The topological polar surface area (TPSA) is 83.8 Å². The Bertz CT molecular complexity index is 520. The Morgan fingerprint density at radius 2 is 2.00 bits per heavy atom. The largest absolute Gasteiger partial charge is 0.465 e. The van der Waals surface area contributed by atoms with E-state index in [0.717, 1.165) is 31.0 Å². The van der Waals surface area contributed by atoms with Crippen molar-refractivity contribution in [1.29, 1.82) is 0 Å². The summed E-state index contributed by atoms with van der Waals surface area (Å²) in [4.78, 5) is 22.2. The van der Waals surface area contributed by atoms with Crippen molar-refractivity contribution in [1.82, 2.24) is 0 Å². The molecule has 0 saturated carbocycles. The van der Waals surface area contributed by atoms with E-state index >= 15 is 0 Å². The second-order valence-corrected chi connectivity index (χ2v) is 5.68. The monoisotopic (exact) mass is 316 g/mol. The summed E-state index contributed by atoms with van der Waals surface area (Å²) >= 11 is 1.03. The highest BCUT2D eigenvalue weighted by molar-refractivity contribution is 8.13. The maximum Gasteiger partial charge on any atom is 0.337 e. The summed E-state index contributed by atoms with van der Waals surface area (Å²) in [5.41, 5.74) is 0.0348. The predicted octanol–water partition coefficient (Wildman–Crippen LogP) is 1.68. The van der Waals surface area contributed by atoms with Crippen molar-refractivity contribution in [2.75, 3.05) is 12.9 Å². The van der Waals surface area contributed by atoms with Gasteiger partial charge in [-0.1, -0.05) is 11.8 Å². The molecular weight excluding hydrogens is 299 g/mol. The summed E-state index contributed by atoms with van der Waals surface area (Å²) < 4.78 is 17.9. The van der Waals surface area contributed by atoms with Gasteiger partial charge in [0, 0.05) is 12.7 Å². The van der Waals surface area contributed by atoms with Crippen LogP contribution in [0.2, 0.25) is 0 Å². The van der Waals surface area contributed by atoms with E-state index in [1.54, 1.807) is 0 Å². The van der Waals surface area contributed by atoms with Crippen molar-refractivity contribution in [3.8, 4) is 0 Å². The molecule has 0 bridgehead atoms. The van der Waals surface area contributed by atoms with Crippen molar-refractivity contribution in [3.63, 3.8) is 0 Å². The number of halogens is 1. The molecule has 0 fully saturated rings. The highest BCUT2D eigenvalue weighted by atomic mass is 32.2. The molecule has 0 spiro atoms. The number of aliphatic hydroxyl groups is 2. The summed E-state index contributed by atoms with van der Waals surface area (Å²) in [5, 5.41) is 19.8. The van der Waals surface area contributed by atoms with Gasteiger partial charge in [-0.3, -0.25) is 4.79 Å². The lowest BCUT2D eigenvalue weighted by atomic mass is 10.0. The Labute approximate surface area is 126 Å². The predicted molar refractivity (Wildman–Crippen MR) is 76.5 cm³/mol. The van der Waals surface area contributed by atoms with Gasteiger partial charge in [0.25, 0.3) is 0 Å². The number of hydrogen-bond acceptors (Lipinski definition) is 6. The molecule has 0 aromatic heterocycles. The van der Waals surface area contributed by atoms with Crippen LogP contribution in [0.15, 0.2) is 18.2 Å². The third-order valence-corrected chi connectivity index (χ3v) is 3.61. The van der Waals surface area contributed by atoms with Crippen LogP contribution in [0.3, 0.4) is 0 Å². The number of methoxy groups -OCH3 is 1. The number of aliphatic hydroxyl groups excluding tert-OH is 2. The number of hydrogen-bond donors (Lipinski definition) is 2. The zero-order valence-corrected chi connectivity index (χ0v) is 12.5. The average Bonchev–Trinajstić information content (AvgIpc) is 2.44. The molecule has 1 aromatic carbocycles. The number of benzene rings is 1. The summed E-state index contributed by atoms with van der Waals surface area (Å²) in [6, 6.07) is 3.29. The van der Waals surface area contributed by atoms with Gasteiger partial charge in [-0.25, -0.2) is 9.18 Å². The number of rotatable bonds is 6. The van der Waals surface area contributed by atoms with E-state index < -0.39 is 24.0 Å². The molecule has 7 heteroatoms. The number of carbonyl (C=O) groups excluding carboxylic acids is 2. The SMILES string of the molecule is COC(=O)c1cc(F)cc(C(O)C(O)CCSC(C)=O)c1. The summed E-state index contributed by atoms with van der Waals surface area (Å²) in [6.07, 6.45) is -2.35. The zero-order chi connectivity index (χ0) is 16.0. The Kier molecular flexibility index (Phi) is 6.80. The van der Waals surface area contributed by atoms with Crippen molar-refractivity contribution in [3.05, 3.63) is 35.1 Å². The molecule has 21 heavy (non-hydrogen) atoms. The fourth-order valence-electron chi connectivity index (χ4n) is 1.72. The van der Waals surface area contributed by atoms with Gasteiger partial charge >= 0.3 is 5.97 Å². The normalized spacial score (nSPS) is 13.6. The minimum absolute atomic E-state index is 0.0446. The van der Waals surface area contributed by atoms with Crippen molar-refractivity contribution in [2.45, 2.75) is 25.6 Å². The first kappa shape index (κ1) is 17.6. The van der Waals surface area contributed by atoms with Gasteiger partial charge < -0.3 is 14.9 Å². The van der Waals surface area contributed by atoms with Gasteiger partial charge in [-0.05, 0) is 30.2 Å². The Balaban J connectivity index is 2.81. The van der Waals surface area contributed by atoms with Crippen LogP contribution in [0.1, 0.15) is 35.4 Å². The van der Waals surface area contributed by atoms with E-state index in [0.29, 0.717) is 5.75 Å². The molecule has 0 aliphatic rings. The molecular formula is C14H17FO5S. The molecule has 0 radical (unpaired) electrons. The lowest BCUT2D eigenvalue weighted by Crippen LogP contribution is -2.20. The van der Waals surface area contributed by atoms with Crippen LogP contribution in [0.25, 0.3) is 0 Å². The van der Waals surface area contributed by atoms with E-state index in [9.17, 15) is 24.2 Å².